The summed E-state index contributed by atoms with van der Waals surface area (Å²) in [6, 6.07) is 3.74. The fraction of sp³-hybridized carbons (Fsp3) is 0.500. The van der Waals surface area contributed by atoms with Crippen LogP contribution in [0.15, 0.2) is 18.3 Å². The maximum Gasteiger partial charge on any atom is 0.302 e. The number of piperidine rings is 1. The van der Waals surface area contributed by atoms with Crippen LogP contribution >= 0.6 is 0 Å². The highest BCUT2D eigenvalue weighted by molar-refractivity contribution is 5.66. The summed E-state index contributed by atoms with van der Waals surface area (Å²) < 4.78 is 12.4. The third-order valence-electron chi connectivity index (χ3n) is 4.05. The molecule has 1 fully saturated rings. The van der Waals surface area contributed by atoms with Gasteiger partial charge >= 0.3 is 5.97 Å². The van der Waals surface area contributed by atoms with Crippen LogP contribution in [0, 0.1) is 6.92 Å². The zero-order chi connectivity index (χ0) is 17.1. The SMILES string of the molecule is COc1ccc(-n2c(C)nnc2N2CCC(OC(C)=O)CC2)cn1. The lowest BCUT2D eigenvalue weighted by Crippen LogP contribution is -2.39. The van der Waals surface area contributed by atoms with Gasteiger partial charge in [-0.3, -0.25) is 9.36 Å². The van der Waals surface area contributed by atoms with Crippen molar-refractivity contribution < 1.29 is 14.3 Å². The molecule has 3 heterocycles. The molecule has 8 heteroatoms. The summed E-state index contributed by atoms with van der Waals surface area (Å²) in [5.41, 5.74) is 0.885. The van der Waals surface area contributed by atoms with Gasteiger partial charge in [-0.15, -0.1) is 10.2 Å². The van der Waals surface area contributed by atoms with Crippen LogP contribution in [0.1, 0.15) is 25.6 Å². The predicted molar refractivity (Wildman–Crippen MR) is 87.4 cm³/mol. The van der Waals surface area contributed by atoms with E-state index in [1.807, 2.05) is 23.6 Å². The lowest BCUT2D eigenvalue weighted by molar-refractivity contribution is -0.147. The number of carbonyl (C=O) groups is 1. The predicted octanol–water partition coefficient (Wildman–Crippen LogP) is 1.51. The molecule has 24 heavy (non-hydrogen) atoms. The number of aromatic nitrogens is 4. The van der Waals surface area contributed by atoms with Crippen molar-refractivity contribution in [2.75, 3.05) is 25.1 Å². The fourth-order valence-corrected chi connectivity index (χ4v) is 2.89. The zero-order valence-electron chi connectivity index (χ0n) is 14.1. The average Bonchev–Trinajstić information content (AvgIpc) is 2.97. The number of hydrogen-bond donors (Lipinski definition) is 0. The monoisotopic (exact) mass is 331 g/mol. The molecule has 0 atom stereocenters. The van der Waals surface area contributed by atoms with Crippen LogP contribution in [0.3, 0.4) is 0 Å². The molecule has 0 spiro atoms. The molecule has 0 aliphatic carbocycles. The number of carbonyl (C=O) groups excluding carboxylic acids is 1. The van der Waals surface area contributed by atoms with E-state index in [2.05, 4.69) is 20.1 Å². The standard InChI is InChI=1S/C16H21N5O3/c1-11-18-19-16(20-8-6-14(7-9-20)24-12(2)22)21(11)13-4-5-15(23-3)17-10-13/h4-5,10,14H,6-9H2,1-3H3. The molecule has 0 radical (unpaired) electrons. The first-order valence-electron chi connectivity index (χ1n) is 7.93. The largest absolute Gasteiger partial charge is 0.481 e. The molecular weight excluding hydrogens is 310 g/mol. The maximum atomic E-state index is 11.1. The van der Waals surface area contributed by atoms with Crippen LogP contribution in [0.5, 0.6) is 5.88 Å². The van der Waals surface area contributed by atoms with Crippen molar-refractivity contribution >= 4 is 11.9 Å². The van der Waals surface area contributed by atoms with Gasteiger partial charge in [-0.1, -0.05) is 0 Å². The first-order valence-corrected chi connectivity index (χ1v) is 7.93. The molecule has 0 amide bonds. The van der Waals surface area contributed by atoms with E-state index in [-0.39, 0.29) is 12.1 Å². The molecule has 0 saturated carbocycles. The molecule has 3 rings (SSSR count). The number of anilines is 1. The molecule has 1 aliphatic rings. The van der Waals surface area contributed by atoms with Gasteiger partial charge in [0.1, 0.15) is 11.9 Å². The lowest BCUT2D eigenvalue weighted by atomic mass is 10.1. The van der Waals surface area contributed by atoms with Gasteiger partial charge in [-0.2, -0.15) is 0 Å². The molecule has 1 saturated heterocycles. The number of hydrogen-bond acceptors (Lipinski definition) is 7. The summed E-state index contributed by atoms with van der Waals surface area (Å²) in [7, 11) is 1.59. The highest BCUT2D eigenvalue weighted by atomic mass is 16.5. The highest BCUT2D eigenvalue weighted by Crippen LogP contribution is 2.24. The molecule has 0 bridgehead atoms. The summed E-state index contributed by atoms with van der Waals surface area (Å²) in [5, 5.41) is 8.52. The molecule has 1 aliphatic heterocycles. The number of rotatable bonds is 4. The topological polar surface area (TPSA) is 82.4 Å². The quantitative estimate of drug-likeness (QED) is 0.785. The summed E-state index contributed by atoms with van der Waals surface area (Å²) >= 11 is 0. The molecule has 0 unspecified atom stereocenters. The van der Waals surface area contributed by atoms with E-state index in [1.54, 1.807) is 13.3 Å². The van der Waals surface area contributed by atoms with Crippen LogP contribution < -0.4 is 9.64 Å². The lowest BCUT2D eigenvalue weighted by Gasteiger charge is -2.32. The van der Waals surface area contributed by atoms with Crippen molar-refractivity contribution in [2.24, 2.45) is 0 Å². The zero-order valence-corrected chi connectivity index (χ0v) is 14.1. The van der Waals surface area contributed by atoms with Crippen molar-refractivity contribution in [3.63, 3.8) is 0 Å². The summed E-state index contributed by atoms with van der Waals surface area (Å²) in [6.07, 6.45) is 3.29. The molecule has 2 aromatic heterocycles. The Morgan fingerprint density at radius 3 is 2.58 bits per heavy atom. The van der Waals surface area contributed by atoms with E-state index in [9.17, 15) is 4.79 Å². The number of methoxy groups -OCH3 is 1. The Labute approximate surface area is 140 Å². The Kier molecular flexibility index (Phi) is 4.64. The van der Waals surface area contributed by atoms with Gasteiger partial charge in [0.15, 0.2) is 0 Å². The Hall–Kier alpha value is -2.64. The Balaban J connectivity index is 1.79. The van der Waals surface area contributed by atoms with Gasteiger partial charge < -0.3 is 14.4 Å². The molecule has 0 N–H and O–H groups in total. The first kappa shape index (κ1) is 16.2. The van der Waals surface area contributed by atoms with E-state index in [0.717, 1.165) is 43.4 Å². The minimum Gasteiger partial charge on any atom is -0.481 e. The summed E-state index contributed by atoms with van der Waals surface area (Å²) in [5.74, 6) is 1.91. The second kappa shape index (κ2) is 6.86. The van der Waals surface area contributed by atoms with Gasteiger partial charge in [-0.25, -0.2) is 4.98 Å². The normalized spacial score (nSPS) is 15.4. The average molecular weight is 331 g/mol. The molecule has 128 valence electrons. The first-order chi connectivity index (χ1) is 11.6. The van der Waals surface area contributed by atoms with E-state index in [4.69, 9.17) is 9.47 Å². The molecule has 0 aromatic carbocycles. The van der Waals surface area contributed by atoms with E-state index in [0.29, 0.717) is 5.88 Å². The minimum absolute atomic E-state index is 0.0149. The van der Waals surface area contributed by atoms with E-state index < -0.39 is 0 Å². The van der Waals surface area contributed by atoms with Gasteiger partial charge in [-0.05, 0) is 13.0 Å². The van der Waals surface area contributed by atoms with Crippen molar-refractivity contribution in [1.29, 1.82) is 0 Å². The summed E-state index contributed by atoms with van der Waals surface area (Å²) in [4.78, 5) is 17.5. The number of nitrogens with zero attached hydrogens (tertiary/aromatic N) is 5. The second-order valence-electron chi connectivity index (χ2n) is 5.74. The van der Waals surface area contributed by atoms with Crippen molar-refractivity contribution in [1.82, 2.24) is 19.7 Å². The van der Waals surface area contributed by atoms with Crippen molar-refractivity contribution in [3.05, 3.63) is 24.2 Å². The Bertz CT molecular complexity index is 705. The third kappa shape index (κ3) is 3.32. The number of esters is 1. The highest BCUT2D eigenvalue weighted by Gasteiger charge is 2.25. The van der Waals surface area contributed by atoms with Crippen LogP contribution in [-0.2, 0) is 9.53 Å². The molecular formula is C16H21N5O3. The van der Waals surface area contributed by atoms with Gasteiger partial charge in [0, 0.05) is 38.9 Å². The third-order valence-corrected chi connectivity index (χ3v) is 4.05. The van der Waals surface area contributed by atoms with E-state index in [1.165, 1.54) is 6.92 Å². The number of ether oxygens (including phenoxy) is 2. The van der Waals surface area contributed by atoms with Crippen LogP contribution in [0.2, 0.25) is 0 Å². The summed E-state index contributed by atoms with van der Waals surface area (Å²) in [6.45, 7) is 4.88. The van der Waals surface area contributed by atoms with Crippen LogP contribution in [0.25, 0.3) is 5.69 Å². The van der Waals surface area contributed by atoms with Gasteiger partial charge in [0.25, 0.3) is 0 Å². The minimum atomic E-state index is -0.225. The number of aryl methyl sites for hydroxylation is 1. The smallest absolute Gasteiger partial charge is 0.302 e. The fourth-order valence-electron chi connectivity index (χ4n) is 2.89. The molecule has 2 aromatic rings. The van der Waals surface area contributed by atoms with Gasteiger partial charge in [0.2, 0.25) is 11.8 Å². The van der Waals surface area contributed by atoms with Crippen LogP contribution in [-0.4, -0.2) is 52.0 Å². The maximum absolute atomic E-state index is 11.1. The second-order valence-corrected chi connectivity index (χ2v) is 5.74. The van der Waals surface area contributed by atoms with Crippen LogP contribution in [0.4, 0.5) is 5.95 Å². The Morgan fingerprint density at radius 2 is 2.00 bits per heavy atom. The van der Waals surface area contributed by atoms with Crippen molar-refractivity contribution in [2.45, 2.75) is 32.8 Å². The molecule has 8 nitrogen and oxygen atoms in total. The van der Waals surface area contributed by atoms with Gasteiger partial charge in [0.05, 0.1) is 19.0 Å². The number of pyridine rings is 1. The van der Waals surface area contributed by atoms with E-state index >= 15 is 0 Å². The Morgan fingerprint density at radius 1 is 1.25 bits per heavy atom. The van der Waals surface area contributed by atoms with Crippen molar-refractivity contribution in [3.8, 4) is 11.6 Å².